The highest BCUT2D eigenvalue weighted by atomic mass is 35.5. The highest BCUT2D eigenvalue weighted by Gasteiger charge is 2.20. The third-order valence-electron chi connectivity index (χ3n) is 5.04. The average Bonchev–Trinajstić information content (AvgIpc) is 3.34. The molecule has 27 heavy (non-hydrogen) atoms. The van der Waals surface area contributed by atoms with Crippen LogP contribution >= 0.6 is 23.2 Å². The summed E-state index contributed by atoms with van der Waals surface area (Å²) >= 11 is 12.5. The first-order chi connectivity index (χ1) is 13.2. The van der Waals surface area contributed by atoms with Gasteiger partial charge in [0, 0.05) is 40.7 Å². The van der Waals surface area contributed by atoms with Crippen LogP contribution in [0.5, 0.6) is 11.5 Å². The van der Waals surface area contributed by atoms with Crippen LogP contribution in [0.1, 0.15) is 24.0 Å². The Hall–Kier alpha value is -1.46. The van der Waals surface area contributed by atoms with Crippen LogP contribution in [-0.4, -0.2) is 38.4 Å². The molecule has 4 rings (SSSR count). The molecule has 0 radical (unpaired) electrons. The average molecular weight is 407 g/mol. The van der Waals surface area contributed by atoms with E-state index in [0.29, 0.717) is 16.5 Å². The number of halogens is 2. The maximum atomic E-state index is 6.27. The monoisotopic (exact) mass is 406 g/mol. The molecule has 0 saturated carbocycles. The Kier molecular flexibility index (Phi) is 6.08. The van der Waals surface area contributed by atoms with E-state index in [4.69, 9.17) is 32.7 Å². The smallest absolute Gasteiger partial charge is 0.123 e. The van der Waals surface area contributed by atoms with Crippen molar-refractivity contribution >= 4 is 23.2 Å². The molecule has 0 aliphatic carbocycles. The maximum absolute atomic E-state index is 6.27. The van der Waals surface area contributed by atoms with Gasteiger partial charge in [0.05, 0.1) is 0 Å². The highest BCUT2D eigenvalue weighted by Crippen LogP contribution is 2.32. The van der Waals surface area contributed by atoms with E-state index >= 15 is 0 Å². The summed E-state index contributed by atoms with van der Waals surface area (Å²) in [6, 6.07) is 11.6. The fraction of sp³-hybridized carbons (Fsp3) is 0.429. The van der Waals surface area contributed by atoms with Gasteiger partial charge in [-0.2, -0.15) is 0 Å². The summed E-state index contributed by atoms with van der Waals surface area (Å²) in [5.74, 6) is 1.75. The van der Waals surface area contributed by atoms with Crippen molar-refractivity contribution in [1.82, 2.24) is 10.6 Å². The minimum absolute atomic E-state index is 0.199. The predicted molar refractivity (Wildman–Crippen MR) is 110 cm³/mol. The van der Waals surface area contributed by atoms with Crippen molar-refractivity contribution in [2.24, 2.45) is 0 Å². The Labute approximate surface area is 170 Å². The Balaban J connectivity index is 1.59. The van der Waals surface area contributed by atoms with Crippen molar-refractivity contribution in [1.29, 1.82) is 0 Å². The van der Waals surface area contributed by atoms with Gasteiger partial charge in [0.1, 0.15) is 23.7 Å². The molecule has 0 amide bonds. The topological polar surface area (TPSA) is 42.5 Å². The molecule has 2 aliphatic rings. The quantitative estimate of drug-likeness (QED) is 0.758. The molecule has 6 heteroatoms. The lowest BCUT2D eigenvalue weighted by atomic mass is 10.0. The van der Waals surface area contributed by atoms with Crippen molar-refractivity contribution < 1.29 is 9.47 Å². The van der Waals surface area contributed by atoms with Gasteiger partial charge in [-0.15, -0.1) is 0 Å². The van der Waals surface area contributed by atoms with E-state index in [9.17, 15) is 0 Å². The predicted octanol–water partition coefficient (Wildman–Crippen LogP) is 4.07. The third kappa shape index (κ3) is 4.88. The summed E-state index contributed by atoms with van der Waals surface area (Å²) in [5.41, 5.74) is 2.09. The van der Waals surface area contributed by atoms with E-state index in [1.807, 2.05) is 36.4 Å². The fourth-order valence-corrected chi connectivity index (χ4v) is 4.01. The van der Waals surface area contributed by atoms with Crippen LogP contribution in [0, 0.1) is 0 Å². The fourth-order valence-electron chi connectivity index (χ4n) is 3.62. The normalized spacial score (nSPS) is 22.1. The minimum Gasteiger partial charge on any atom is -0.489 e. The van der Waals surface area contributed by atoms with Crippen LogP contribution in [0.2, 0.25) is 10.0 Å². The molecule has 0 aromatic heterocycles. The van der Waals surface area contributed by atoms with Gasteiger partial charge in [-0.3, -0.25) is 0 Å². The zero-order chi connectivity index (χ0) is 18.6. The molecule has 2 heterocycles. The van der Waals surface area contributed by atoms with Crippen molar-refractivity contribution in [3.63, 3.8) is 0 Å². The number of ether oxygens (including phenoxy) is 2. The van der Waals surface area contributed by atoms with Gasteiger partial charge >= 0.3 is 0 Å². The summed E-state index contributed by atoms with van der Waals surface area (Å²) in [6.07, 6.45) is 3.09. The maximum Gasteiger partial charge on any atom is 0.123 e. The van der Waals surface area contributed by atoms with Crippen LogP contribution in [-0.2, 0) is 6.42 Å². The molecule has 0 bridgehead atoms. The molecule has 2 unspecified atom stereocenters. The van der Waals surface area contributed by atoms with Crippen molar-refractivity contribution in [3.05, 3.63) is 57.6 Å². The Bertz CT molecular complexity index is 722. The van der Waals surface area contributed by atoms with E-state index < -0.39 is 0 Å². The second kappa shape index (κ2) is 8.70. The van der Waals surface area contributed by atoms with E-state index in [1.54, 1.807) is 0 Å². The van der Waals surface area contributed by atoms with E-state index in [0.717, 1.165) is 61.6 Å². The summed E-state index contributed by atoms with van der Waals surface area (Å²) < 4.78 is 12.5. The first-order valence-corrected chi connectivity index (χ1v) is 10.2. The van der Waals surface area contributed by atoms with Crippen molar-refractivity contribution in [3.8, 4) is 11.5 Å². The van der Waals surface area contributed by atoms with E-state index in [1.165, 1.54) is 0 Å². The number of hydrogen-bond donors (Lipinski definition) is 2. The Morgan fingerprint density at radius 2 is 1.26 bits per heavy atom. The summed E-state index contributed by atoms with van der Waals surface area (Å²) in [7, 11) is 0. The van der Waals surface area contributed by atoms with E-state index in [-0.39, 0.29) is 12.2 Å². The Morgan fingerprint density at radius 1 is 0.778 bits per heavy atom. The first-order valence-electron chi connectivity index (χ1n) is 9.49. The number of rotatable bonds is 6. The molecule has 2 fully saturated rings. The molecular formula is C21H24Cl2N2O2. The third-order valence-corrected chi connectivity index (χ3v) is 5.51. The van der Waals surface area contributed by atoms with Gasteiger partial charge < -0.3 is 20.1 Å². The summed E-state index contributed by atoms with van der Waals surface area (Å²) in [4.78, 5) is 0. The SMILES string of the molecule is Clc1ccc(OC2CCNC2)c(Cc2cc(Cl)ccc2OC2CCNC2)c1. The summed E-state index contributed by atoms with van der Waals surface area (Å²) in [5, 5.41) is 8.07. The van der Waals surface area contributed by atoms with Gasteiger partial charge in [-0.05, 0) is 62.3 Å². The molecule has 4 nitrogen and oxygen atoms in total. The molecule has 0 spiro atoms. The minimum atomic E-state index is 0.199. The first kappa shape index (κ1) is 18.9. The lowest BCUT2D eigenvalue weighted by Gasteiger charge is -2.19. The van der Waals surface area contributed by atoms with Gasteiger partial charge in [0.25, 0.3) is 0 Å². The largest absolute Gasteiger partial charge is 0.489 e. The molecule has 2 saturated heterocycles. The standard InChI is InChI=1S/C21H24Cl2N2O2/c22-16-1-3-20(26-18-5-7-24-12-18)14(10-16)9-15-11-17(23)2-4-21(15)27-19-6-8-25-13-19/h1-4,10-11,18-19,24-25H,5-9,12-13H2. The van der Waals surface area contributed by atoms with Gasteiger partial charge in [-0.25, -0.2) is 0 Å². The Morgan fingerprint density at radius 3 is 1.67 bits per heavy atom. The van der Waals surface area contributed by atoms with E-state index in [2.05, 4.69) is 10.6 Å². The van der Waals surface area contributed by atoms with Gasteiger partial charge in [0.2, 0.25) is 0 Å². The van der Waals surface area contributed by atoms with Crippen LogP contribution in [0.4, 0.5) is 0 Å². The molecule has 2 N–H and O–H groups in total. The zero-order valence-corrected chi connectivity index (χ0v) is 16.7. The van der Waals surface area contributed by atoms with Crippen molar-refractivity contribution in [2.45, 2.75) is 31.5 Å². The van der Waals surface area contributed by atoms with Gasteiger partial charge in [-0.1, -0.05) is 23.2 Å². The number of nitrogens with one attached hydrogen (secondary N) is 2. The molecule has 2 aliphatic heterocycles. The molecule has 144 valence electrons. The van der Waals surface area contributed by atoms with Crippen LogP contribution < -0.4 is 20.1 Å². The molecular weight excluding hydrogens is 383 g/mol. The number of hydrogen-bond acceptors (Lipinski definition) is 4. The molecule has 2 atom stereocenters. The number of benzene rings is 2. The van der Waals surface area contributed by atoms with Crippen LogP contribution in [0.3, 0.4) is 0 Å². The second-order valence-electron chi connectivity index (χ2n) is 7.15. The van der Waals surface area contributed by atoms with Crippen LogP contribution in [0.25, 0.3) is 0 Å². The zero-order valence-electron chi connectivity index (χ0n) is 15.1. The highest BCUT2D eigenvalue weighted by molar-refractivity contribution is 6.31. The molecule has 2 aromatic carbocycles. The second-order valence-corrected chi connectivity index (χ2v) is 8.02. The van der Waals surface area contributed by atoms with Crippen LogP contribution in [0.15, 0.2) is 36.4 Å². The lowest BCUT2D eigenvalue weighted by molar-refractivity contribution is 0.219. The molecule has 2 aromatic rings. The van der Waals surface area contributed by atoms with Gasteiger partial charge in [0.15, 0.2) is 0 Å². The lowest BCUT2D eigenvalue weighted by Crippen LogP contribution is -2.21. The van der Waals surface area contributed by atoms with Crippen molar-refractivity contribution in [2.75, 3.05) is 26.2 Å². The summed E-state index contributed by atoms with van der Waals surface area (Å²) in [6.45, 7) is 3.75.